The number of thioether (sulfide) groups is 2. The standard InChI is InChI=1S/C19H20F3N9O5S3/c1-2-3-9(39-17-26-29-30-27-17)18(15(34)35)5-31-13(33)11(14(31)38-7-18)25-12(32)10(8-4-37-16(23)24-8)28-36-6-19(20,21)22/h2,4,9,11,14H,1,3,5-7H2,(H2,23,24)(H,25,32)(H,34,35)(H,26,27,29,30)/t9?,11?,14-,18?/m1/s1. The first-order chi connectivity index (χ1) is 18.4. The number of carboxylic acids is 1. The number of aromatic nitrogens is 5. The minimum atomic E-state index is -4.70. The molecule has 3 unspecified atom stereocenters. The summed E-state index contributed by atoms with van der Waals surface area (Å²) in [7, 11) is 0. The predicted molar refractivity (Wildman–Crippen MR) is 134 cm³/mol. The number of tetrazole rings is 1. The van der Waals surface area contributed by atoms with Gasteiger partial charge in [-0.05, 0) is 16.8 Å². The molecule has 20 heteroatoms. The fraction of sp³-hybridized carbons (Fsp3) is 0.474. The van der Waals surface area contributed by atoms with Gasteiger partial charge in [0.2, 0.25) is 17.7 Å². The number of alkyl halides is 3. The van der Waals surface area contributed by atoms with Crippen molar-refractivity contribution in [1.82, 2.24) is 35.8 Å². The molecule has 0 aliphatic carbocycles. The number of hydrogen-bond donors (Lipinski definition) is 4. The zero-order chi connectivity index (χ0) is 28.4. The largest absolute Gasteiger partial charge is 0.481 e. The molecule has 2 fully saturated rings. The van der Waals surface area contributed by atoms with Crippen molar-refractivity contribution >= 4 is 63.5 Å². The molecule has 0 aromatic carbocycles. The number of carbonyl (C=O) groups is 3. The van der Waals surface area contributed by atoms with E-state index in [2.05, 4.69) is 47.5 Å². The number of nitrogens with one attached hydrogen (secondary N) is 2. The van der Waals surface area contributed by atoms with Gasteiger partial charge in [0.1, 0.15) is 22.5 Å². The van der Waals surface area contributed by atoms with E-state index in [4.69, 9.17) is 5.73 Å². The van der Waals surface area contributed by atoms with E-state index in [9.17, 15) is 32.7 Å². The van der Waals surface area contributed by atoms with Crippen molar-refractivity contribution in [2.45, 2.75) is 34.4 Å². The first-order valence-electron chi connectivity index (χ1n) is 10.9. The van der Waals surface area contributed by atoms with Crippen LogP contribution in [0.15, 0.2) is 28.3 Å². The molecule has 5 N–H and O–H groups in total. The molecule has 2 aliphatic rings. The lowest BCUT2D eigenvalue weighted by molar-refractivity contribution is -0.174. The molecular weight excluding hydrogens is 587 g/mol. The van der Waals surface area contributed by atoms with Gasteiger partial charge in [0.25, 0.3) is 5.91 Å². The molecule has 0 bridgehead atoms. The minimum Gasteiger partial charge on any atom is -0.481 e. The summed E-state index contributed by atoms with van der Waals surface area (Å²) in [5.74, 6) is -2.62. The Bertz CT molecular complexity index is 1270. The number of hydrogen-bond acceptors (Lipinski definition) is 13. The average molecular weight is 608 g/mol. The van der Waals surface area contributed by atoms with Crippen molar-refractivity contribution in [3.63, 3.8) is 0 Å². The van der Waals surface area contributed by atoms with E-state index in [0.717, 1.165) is 34.9 Å². The maximum atomic E-state index is 13.0. The highest BCUT2D eigenvalue weighted by Gasteiger charge is 2.60. The molecule has 39 heavy (non-hydrogen) atoms. The summed E-state index contributed by atoms with van der Waals surface area (Å²) < 4.78 is 37.5. The van der Waals surface area contributed by atoms with E-state index in [1.807, 2.05) is 0 Å². The van der Waals surface area contributed by atoms with Crippen molar-refractivity contribution in [3.8, 4) is 0 Å². The van der Waals surface area contributed by atoms with Gasteiger partial charge >= 0.3 is 12.1 Å². The molecule has 2 aliphatic heterocycles. The summed E-state index contributed by atoms with van der Waals surface area (Å²) >= 11 is 3.19. The fourth-order valence-electron chi connectivity index (χ4n) is 3.91. The number of thiazole rings is 1. The van der Waals surface area contributed by atoms with Crippen molar-refractivity contribution in [2.75, 3.05) is 24.6 Å². The number of anilines is 1. The Hall–Kier alpha value is -3.39. The smallest absolute Gasteiger partial charge is 0.425 e. The minimum absolute atomic E-state index is 0.0353. The summed E-state index contributed by atoms with van der Waals surface area (Å²) in [5, 5.41) is 29.8. The van der Waals surface area contributed by atoms with Crippen LogP contribution in [0.5, 0.6) is 0 Å². The Labute approximate surface area is 230 Å². The summed E-state index contributed by atoms with van der Waals surface area (Å²) in [6.07, 6.45) is -2.85. The van der Waals surface area contributed by atoms with E-state index in [-0.39, 0.29) is 29.5 Å². The summed E-state index contributed by atoms with van der Waals surface area (Å²) in [5.41, 5.74) is 3.45. The van der Waals surface area contributed by atoms with E-state index >= 15 is 0 Å². The molecule has 4 rings (SSSR count). The highest BCUT2D eigenvalue weighted by atomic mass is 32.2. The number of nitrogens with two attached hydrogens (primary N) is 1. The topological polar surface area (TPSA) is 202 Å². The number of amides is 2. The maximum Gasteiger partial charge on any atom is 0.425 e. The third-order valence-corrected chi connectivity index (χ3v) is 9.31. The van der Waals surface area contributed by atoms with Gasteiger partial charge in [-0.2, -0.15) is 13.2 Å². The number of nitrogen functional groups attached to an aromatic ring is 1. The Balaban J connectivity index is 1.49. The van der Waals surface area contributed by atoms with Crippen molar-refractivity contribution in [3.05, 3.63) is 23.7 Å². The zero-order valence-electron chi connectivity index (χ0n) is 19.6. The van der Waals surface area contributed by atoms with Crippen LogP contribution in [-0.4, -0.2) is 101 Å². The Morgan fingerprint density at radius 3 is 2.87 bits per heavy atom. The molecule has 210 valence electrons. The number of rotatable bonds is 11. The number of allylic oxidation sites excluding steroid dienone is 1. The highest BCUT2D eigenvalue weighted by molar-refractivity contribution is 8.01. The lowest BCUT2D eigenvalue weighted by atomic mass is 9.82. The van der Waals surface area contributed by atoms with Gasteiger partial charge in [-0.1, -0.05) is 23.0 Å². The lowest BCUT2D eigenvalue weighted by Crippen LogP contribution is -2.75. The van der Waals surface area contributed by atoms with Crippen LogP contribution in [0.4, 0.5) is 18.3 Å². The maximum absolute atomic E-state index is 13.0. The summed E-state index contributed by atoms with van der Waals surface area (Å²) in [6.45, 7) is 1.80. The lowest BCUT2D eigenvalue weighted by Gasteiger charge is -2.55. The SMILES string of the molecule is C=CCC(Sc1nnn[nH]1)C1(C(=O)O)CS[C@@H]2C(NC(=O)C(=NOCC(F)(F)F)c3csc(N)n3)C(=O)N2C1. The van der Waals surface area contributed by atoms with Crippen LogP contribution < -0.4 is 11.1 Å². The average Bonchev–Trinajstić information content (AvgIpc) is 3.55. The third kappa shape index (κ3) is 6.11. The fourth-order valence-corrected chi connectivity index (χ4v) is 7.35. The van der Waals surface area contributed by atoms with Gasteiger partial charge in [-0.3, -0.25) is 14.4 Å². The monoisotopic (exact) mass is 607 g/mol. The molecule has 0 spiro atoms. The van der Waals surface area contributed by atoms with Gasteiger partial charge in [-0.25, -0.2) is 10.1 Å². The normalized spacial score (nSPS) is 23.9. The van der Waals surface area contributed by atoms with E-state index in [1.54, 1.807) is 6.08 Å². The summed E-state index contributed by atoms with van der Waals surface area (Å²) in [4.78, 5) is 48.0. The van der Waals surface area contributed by atoms with Crippen molar-refractivity contribution in [2.24, 2.45) is 10.6 Å². The first kappa shape index (κ1) is 28.6. The Morgan fingerprint density at radius 1 is 1.51 bits per heavy atom. The van der Waals surface area contributed by atoms with Crippen LogP contribution in [0.1, 0.15) is 12.1 Å². The van der Waals surface area contributed by atoms with Crippen LogP contribution >= 0.6 is 34.9 Å². The molecule has 2 amide bonds. The molecular formula is C19H20F3N9O5S3. The molecule has 4 heterocycles. The van der Waals surface area contributed by atoms with Gasteiger partial charge in [0.05, 0.1) is 0 Å². The van der Waals surface area contributed by atoms with E-state index in [1.165, 1.54) is 10.3 Å². The quantitative estimate of drug-likeness (QED) is 0.0918. The molecule has 0 radical (unpaired) electrons. The van der Waals surface area contributed by atoms with Crippen molar-refractivity contribution < 1.29 is 37.5 Å². The number of aliphatic carboxylic acids is 1. The number of carbonyl (C=O) groups excluding carboxylic acids is 2. The van der Waals surface area contributed by atoms with Crippen LogP contribution in [0.25, 0.3) is 0 Å². The number of β-lactam (4-membered cyclic amide) rings is 1. The van der Waals surface area contributed by atoms with Crippen LogP contribution in [0, 0.1) is 5.41 Å². The first-order valence-corrected chi connectivity index (χ1v) is 13.7. The van der Waals surface area contributed by atoms with Crippen LogP contribution in [0.3, 0.4) is 0 Å². The zero-order valence-corrected chi connectivity index (χ0v) is 22.1. The second-order valence-electron chi connectivity index (χ2n) is 8.32. The second-order valence-corrected chi connectivity index (χ2v) is 11.5. The number of carboxylic acid groups (broad SMARTS) is 1. The molecule has 14 nitrogen and oxygen atoms in total. The van der Waals surface area contributed by atoms with Gasteiger partial charge in [0, 0.05) is 22.9 Å². The number of H-pyrrole nitrogens is 1. The molecule has 2 aromatic rings. The van der Waals surface area contributed by atoms with E-state index in [0.29, 0.717) is 5.16 Å². The van der Waals surface area contributed by atoms with Gasteiger partial charge < -0.3 is 25.9 Å². The Kier molecular flexibility index (Phi) is 8.35. The van der Waals surface area contributed by atoms with Gasteiger partial charge in [-0.15, -0.1) is 34.8 Å². The van der Waals surface area contributed by atoms with Crippen LogP contribution in [0.2, 0.25) is 0 Å². The third-order valence-electron chi connectivity index (χ3n) is 5.76. The Morgan fingerprint density at radius 2 is 2.28 bits per heavy atom. The molecule has 0 saturated carbocycles. The second kappa shape index (κ2) is 11.4. The van der Waals surface area contributed by atoms with Crippen LogP contribution in [-0.2, 0) is 19.2 Å². The van der Waals surface area contributed by atoms with Crippen molar-refractivity contribution in [1.29, 1.82) is 0 Å². The number of aromatic amines is 1. The number of nitrogens with zero attached hydrogens (tertiary/aromatic N) is 6. The number of oxime groups is 1. The van der Waals surface area contributed by atoms with Gasteiger partial charge in [0.15, 0.2) is 10.8 Å². The molecule has 2 aromatic heterocycles. The predicted octanol–water partition coefficient (Wildman–Crippen LogP) is 0.729. The molecule has 4 atom stereocenters. The number of fused-ring (bicyclic) bond motifs is 1. The van der Waals surface area contributed by atoms with E-state index < -0.39 is 58.4 Å². The highest BCUT2D eigenvalue weighted by Crippen LogP contribution is 2.48. The molecule has 2 saturated heterocycles. The number of halogens is 3. The summed E-state index contributed by atoms with van der Waals surface area (Å²) in [6, 6.07) is -1.08.